The number of phenolic OH excluding ortho intramolecular Hbond substituents is 1. The molecule has 2 aromatic carbocycles. The lowest BCUT2D eigenvalue weighted by molar-refractivity contribution is 0.412. The molecule has 0 radical (unpaired) electrons. The summed E-state index contributed by atoms with van der Waals surface area (Å²) in [5.41, 5.74) is 5.07. The van der Waals surface area contributed by atoms with Crippen molar-refractivity contribution in [2.75, 3.05) is 7.11 Å². The third-order valence-electron chi connectivity index (χ3n) is 4.28. The van der Waals surface area contributed by atoms with Crippen molar-refractivity contribution >= 4 is 5.65 Å². The van der Waals surface area contributed by atoms with E-state index in [-0.39, 0.29) is 5.75 Å². The predicted octanol–water partition coefficient (Wildman–Crippen LogP) is 4.09. The Morgan fingerprint density at radius 3 is 2.60 bits per heavy atom. The van der Waals surface area contributed by atoms with Gasteiger partial charge in [-0.3, -0.25) is 0 Å². The third-order valence-corrected chi connectivity index (χ3v) is 4.28. The van der Waals surface area contributed by atoms with Gasteiger partial charge >= 0.3 is 0 Å². The lowest BCUT2D eigenvalue weighted by atomic mass is 10.1. The number of phenols is 1. The van der Waals surface area contributed by atoms with E-state index in [0.29, 0.717) is 11.3 Å². The molecule has 4 rings (SSSR count). The highest BCUT2D eigenvalue weighted by Gasteiger charge is 2.16. The van der Waals surface area contributed by atoms with Crippen molar-refractivity contribution in [2.24, 2.45) is 0 Å². The molecule has 25 heavy (non-hydrogen) atoms. The topological polar surface area (TPSA) is 59.7 Å². The van der Waals surface area contributed by atoms with Gasteiger partial charge in [0, 0.05) is 22.9 Å². The average Bonchev–Trinajstić information content (AvgIpc) is 3.00. The van der Waals surface area contributed by atoms with Gasteiger partial charge in [-0.25, -0.2) is 9.50 Å². The number of rotatable bonds is 3. The molecule has 0 atom stereocenters. The van der Waals surface area contributed by atoms with Crippen LogP contribution in [0.1, 0.15) is 5.56 Å². The zero-order chi connectivity index (χ0) is 17.4. The van der Waals surface area contributed by atoms with E-state index in [4.69, 9.17) is 9.84 Å². The van der Waals surface area contributed by atoms with Crippen molar-refractivity contribution in [3.63, 3.8) is 0 Å². The maximum Gasteiger partial charge on any atom is 0.159 e. The second-order valence-corrected chi connectivity index (χ2v) is 5.79. The first-order chi connectivity index (χ1) is 12.2. The van der Waals surface area contributed by atoms with Crippen molar-refractivity contribution < 1.29 is 9.84 Å². The Hall–Kier alpha value is -3.34. The van der Waals surface area contributed by atoms with Gasteiger partial charge in [-0.15, -0.1) is 0 Å². The molecule has 4 aromatic rings. The number of fused-ring (bicyclic) bond motifs is 1. The fourth-order valence-corrected chi connectivity index (χ4v) is 2.98. The van der Waals surface area contributed by atoms with E-state index < -0.39 is 0 Å². The van der Waals surface area contributed by atoms with Crippen LogP contribution in [0.15, 0.2) is 60.8 Å². The van der Waals surface area contributed by atoms with Crippen molar-refractivity contribution in [3.8, 4) is 34.0 Å². The van der Waals surface area contributed by atoms with Crippen LogP contribution < -0.4 is 4.74 Å². The molecule has 0 unspecified atom stereocenters. The molecule has 0 saturated carbocycles. The maximum absolute atomic E-state index is 10.3. The van der Waals surface area contributed by atoms with Gasteiger partial charge in [-0.1, -0.05) is 30.3 Å². The Bertz CT molecular complexity index is 1060. The smallest absolute Gasteiger partial charge is 0.159 e. The summed E-state index contributed by atoms with van der Waals surface area (Å²) in [6.07, 6.45) is 1.73. The first kappa shape index (κ1) is 15.2. The summed E-state index contributed by atoms with van der Waals surface area (Å²) in [4.78, 5) is 4.47. The molecule has 0 aliphatic rings. The molecule has 0 aliphatic heterocycles. The van der Waals surface area contributed by atoms with Crippen LogP contribution in [0.25, 0.3) is 28.2 Å². The monoisotopic (exact) mass is 331 g/mol. The van der Waals surface area contributed by atoms with Crippen LogP contribution in [0.2, 0.25) is 0 Å². The summed E-state index contributed by atoms with van der Waals surface area (Å²) in [6, 6.07) is 17.0. The highest BCUT2D eigenvalue weighted by molar-refractivity contribution is 5.75. The van der Waals surface area contributed by atoms with E-state index >= 15 is 0 Å². The van der Waals surface area contributed by atoms with Gasteiger partial charge in [0.2, 0.25) is 0 Å². The Morgan fingerprint density at radius 2 is 1.84 bits per heavy atom. The van der Waals surface area contributed by atoms with Gasteiger partial charge in [0.05, 0.1) is 18.5 Å². The molecule has 2 heterocycles. The Labute approximate surface area is 145 Å². The summed E-state index contributed by atoms with van der Waals surface area (Å²) in [5.74, 6) is 0.840. The van der Waals surface area contributed by atoms with Gasteiger partial charge in [-0.05, 0) is 31.2 Å². The maximum atomic E-state index is 10.3. The van der Waals surface area contributed by atoms with Gasteiger partial charge in [0.25, 0.3) is 0 Å². The molecular weight excluding hydrogens is 314 g/mol. The minimum atomic E-state index is 0.169. The molecule has 0 aliphatic carbocycles. The SMILES string of the molecule is COc1ccc(O)c(-c2ccnc3c(C)c(-c4ccccc4)nn23)c1. The van der Waals surface area contributed by atoms with Gasteiger partial charge in [0.15, 0.2) is 5.65 Å². The molecule has 0 amide bonds. The van der Waals surface area contributed by atoms with Crippen molar-refractivity contribution in [1.29, 1.82) is 0 Å². The quantitative estimate of drug-likeness (QED) is 0.614. The van der Waals surface area contributed by atoms with E-state index in [0.717, 1.165) is 28.2 Å². The molecule has 0 bridgehead atoms. The summed E-state index contributed by atoms with van der Waals surface area (Å²) >= 11 is 0. The van der Waals surface area contributed by atoms with Gasteiger partial charge in [-0.2, -0.15) is 5.10 Å². The number of nitrogens with zero attached hydrogens (tertiary/aromatic N) is 3. The summed E-state index contributed by atoms with van der Waals surface area (Å²) in [5, 5.41) is 15.1. The molecular formula is C20H17N3O2. The van der Waals surface area contributed by atoms with Crippen LogP contribution in [-0.2, 0) is 0 Å². The Kier molecular flexibility index (Phi) is 3.61. The highest BCUT2D eigenvalue weighted by atomic mass is 16.5. The van der Waals surface area contributed by atoms with Crippen molar-refractivity contribution in [2.45, 2.75) is 6.92 Å². The molecule has 5 nitrogen and oxygen atoms in total. The van der Waals surface area contributed by atoms with Crippen molar-refractivity contribution in [3.05, 3.63) is 66.4 Å². The minimum absolute atomic E-state index is 0.169. The number of benzene rings is 2. The lowest BCUT2D eigenvalue weighted by Crippen LogP contribution is -1.96. The number of methoxy groups -OCH3 is 1. The van der Waals surface area contributed by atoms with Crippen molar-refractivity contribution in [1.82, 2.24) is 14.6 Å². The normalized spacial score (nSPS) is 11.0. The molecule has 1 N–H and O–H groups in total. The number of aromatic hydroxyl groups is 1. The van der Waals surface area contributed by atoms with E-state index in [9.17, 15) is 5.11 Å². The van der Waals surface area contributed by atoms with E-state index in [1.54, 1.807) is 36.0 Å². The fraction of sp³-hybridized carbons (Fsp3) is 0.100. The molecule has 0 fully saturated rings. The minimum Gasteiger partial charge on any atom is -0.507 e. The van der Waals surface area contributed by atoms with Gasteiger partial charge in [0.1, 0.15) is 11.5 Å². The van der Waals surface area contributed by atoms with E-state index in [1.807, 2.05) is 43.3 Å². The zero-order valence-corrected chi connectivity index (χ0v) is 14.0. The highest BCUT2D eigenvalue weighted by Crippen LogP contribution is 2.34. The van der Waals surface area contributed by atoms with E-state index in [2.05, 4.69) is 4.98 Å². The fourth-order valence-electron chi connectivity index (χ4n) is 2.98. The van der Waals surface area contributed by atoms with Crippen LogP contribution in [0.4, 0.5) is 0 Å². The predicted molar refractivity (Wildman–Crippen MR) is 96.8 cm³/mol. The largest absolute Gasteiger partial charge is 0.507 e. The molecule has 2 aromatic heterocycles. The Morgan fingerprint density at radius 1 is 1.04 bits per heavy atom. The Balaban J connectivity index is 1.98. The van der Waals surface area contributed by atoms with Crippen LogP contribution in [-0.4, -0.2) is 26.8 Å². The second-order valence-electron chi connectivity index (χ2n) is 5.79. The average molecular weight is 331 g/mol. The van der Waals surface area contributed by atoms with Crippen LogP contribution >= 0.6 is 0 Å². The number of ether oxygens (including phenoxy) is 1. The number of aryl methyl sites for hydroxylation is 1. The summed E-state index contributed by atoms with van der Waals surface area (Å²) in [6.45, 7) is 2.01. The summed E-state index contributed by atoms with van der Waals surface area (Å²) < 4.78 is 7.06. The first-order valence-corrected chi connectivity index (χ1v) is 7.96. The number of hydrogen-bond donors (Lipinski definition) is 1. The molecule has 124 valence electrons. The second kappa shape index (κ2) is 5.94. The zero-order valence-electron chi connectivity index (χ0n) is 14.0. The van der Waals surface area contributed by atoms with Crippen LogP contribution in [0, 0.1) is 6.92 Å². The number of hydrogen-bond acceptors (Lipinski definition) is 4. The van der Waals surface area contributed by atoms with Gasteiger partial charge < -0.3 is 9.84 Å². The van der Waals surface area contributed by atoms with E-state index in [1.165, 1.54) is 0 Å². The first-order valence-electron chi connectivity index (χ1n) is 7.96. The number of aromatic nitrogens is 3. The molecule has 0 spiro atoms. The standard InChI is InChI=1S/C20H17N3O2/c1-13-19(14-6-4-3-5-7-14)22-23-17(10-11-21-20(13)23)16-12-15(25-2)8-9-18(16)24/h3-12,24H,1-2H3. The van der Waals surface area contributed by atoms with Crippen LogP contribution in [0.5, 0.6) is 11.5 Å². The third kappa shape index (κ3) is 2.50. The molecule has 5 heteroatoms. The molecule has 0 saturated heterocycles. The van der Waals surface area contributed by atoms with Crippen LogP contribution in [0.3, 0.4) is 0 Å². The lowest BCUT2D eigenvalue weighted by Gasteiger charge is -2.09. The summed E-state index contributed by atoms with van der Waals surface area (Å²) in [7, 11) is 1.60.